The summed E-state index contributed by atoms with van der Waals surface area (Å²) < 4.78 is 26.4. The monoisotopic (exact) mass is 302 g/mol. The zero-order chi connectivity index (χ0) is 14.0. The molecule has 0 bridgehead atoms. The van der Waals surface area contributed by atoms with Gasteiger partial charge in [-0.05, 0) is 17.5 Å². The molecule has 3 N–H and O–H groups in total. The third kappa shape index (κ3) is 3.09. The summed E-state index contributed by atoms with van der Waals surface area (Å²) in [5.41, 5.74) is 5.44. The van der Waals surface area contributed by atoms with E-state index in [4.69, 9.17) is 17.3 Å². The second-order valence-corrected chi connectivity index (χ2v) is 5.11. The molecule has 0 fully saturated rings. The quantitative estimate of drug-likeness (QED) is 0.914. The van der Waals surface area contributed by atoms with Crippen molar-refractivity contribution in [3.63, 3.8) is 0 Å². The fraction of sp³-hybridized carbons (Fsp3) is 0.0833. The maximum atomic E-state index is 13.5. The molecule has 1 atom stereocenters. The zero-order valence-corrected chi connectivity index (χ0v) is 11.1. The van der Waals surface area contributed by atoms with Crippen LogP contribution in [0.15, 0.2) is 29.6 Å². The van der Waals surface area contributed by atoms with Gasteiger partial charge >= 0.3 is 0 Å². The van der Waals surface area contributed by atoms with Gasteiger partial charge in [-0.25, -0.2) is 8.78 Å². The number of thiophene rings is 1. The molecule has 0 aliphatic carbocycles. The van der Waals surface area contributed by atoms with Gasteiger partial charge in [-0.15, -0.1) is 11.3 Å². The number of nitrogens with two attached hydrogens (primary N) is 1. The molecule has 2 aromatic rings. The van der Waals surface area contributed by atoms with E-state index in [1.165, 1.54) is 11.3 Å². The summed E-state index contributed by atoms with van der Waals surface area (Å²) in [4.78, 5) is 12.5. The van der Waals surface area contributed by atoms with Gasteiger partial charge < -0.3 is 11.1 Å². The van der Waals surface area contributed by atoms with Gasteiger partial charge in [0.2, 0.25) is 5.91 Å². The molecule has 0 saturated carbocycles. The Morgan fingerprint density at radius 2 is 2.16 bits per heavy atom. The number of carbonyl (C=O) groups is 1. The van der Waals surface area contributed by atoms with Gasteiger partial charge in [0.15, 0.2) is 5.82 Å². The summed E-state index contributed by atoms with van der Waals surface area (Å²) in [6.07, 6.45) is 0. The molecule has 100 valence electrons. The van der Waals surface area contributed by atoms with Crippen LogP contribution in [0.3, 0.4) is 0 Å². The van der Waals surface area contributed by atoms with Crippen molar-refractivity contribution < 1.29 is 13.6 Å². The number of carbonyl (C=O) groups excluding carboxylic acids is 1. The number of benzene rings is 1. The van der Waals surface area contributed by atoms with Gasteiger partial charge in [-0.2, -0.15) is 0 Å². The minimum Gasteiger partial charge on any atom is -0.321 e. The fourth-order valence-electron chi connectivity index (χ4n) is 1.46. The van der Waals surface area contributed by atoms with Crippen LogP contribution >= 0.6 is 22.9 Å². The Hall–Kier alpha value is -1.50. The predicted molar refractivity (Wildman–Crippen MR) is 71.2 cm³/mol. The summed E-state index contributed by atoms with van der Waals surface area (Å²) in [6.45, 7) is 0. The third-order valence-electron chi connectivity index (χ3n) is 2.39. The first-order chi connectivity index (χ1) is 8.99. The highest BCUT2D eigenvalue weighted by Gasteiger charge is 2.20. The van der Waals surface area contributed by atoms with Crippen molar-refractivity contribution in [3.05, 3.63) is 51.2 Å². The number of hydrogen-bond donors (Lipinski definition) is 2. The summed E-state index contributed by atoms with van der Waals surface area (Å²) in [6, 6.07) is 4.06. The minimum absolute atomic E-state index is 0.218. The van der Waals surface area contributed by atoms with Gasteiger partial charge in [0.05, 0.1) is 10.7 Å². The van der Waals surface area contributed by atoms with Gasteiger partial charge in [0.25, 0.3) is 0 Å². The molecular weight excluding hydrogens is 294 g/mol. The van der Waals surface area contributed by atoms with Crippen LogP contribution in [0.2, 0.25) is 5.02 Å². The van der Waals surface area contributed by atoms with Crippen LogP contribution in [0.4, 0.5) is 14.5 Å². The molecule has 0 spiro atoms. The molecule has 19 heavy (non-hydrogen) atoms. The van der Waals surface area contributed by atoms with E-state index in [0.29, 0.717) is 10.9 Å². The molecule has 2 rings (SSSR count). The lowest BCUT2D eigenvalue weighted by molar-refractivity contribution is -0.117. The number of rotatable bonds is 3. The highest BCUT2D eigenvalue weighted by atomic mass is 35.5. The predicted octanol–water partition coefficient (Wildman–Crippen LogP) is 3.32. The zero-order valence-electron chi connectivity index (χ0n) is 9.49. The summed E-state index contributed by atoms with van der Waals surface area (Å²) in [5.74, 6) is -2.38. The second kappa shape index (κ2) is 5.64. The van der Waals surface area contributed by atoms with Crippen LogP contribution in [0, 0.1) is 11.6 Å². The first kappa shape index (κ1) is 13.9. The Kier molecular flexibility index (Phi) is 4.14. The van der Waals surface area contributed by atoms with Gasteiger partial charge in [0.1, 0.15) is 11.9 Å². The molecule has 0 aliphatic heterocycles. The Morgan fingerprint density at radius 1 is 1.42 bits per heavy atom. The smallest absolute Gasteiger partial charge is 0.246 e. The molecule has 0 saturated heterocycles. The first-order valence-electron chi connectivity index (χ1n) is 5.23. The van der Waals surface area contributed by atoms with Crippen molar-refractivity contribution in [2.24, 2.45) is 5.73 Å². The van der Waals surface area contributed by atoms with Gasteiger partial charge in [-0.1, -0.05) is 17.7 Å². The van der Waals surface area contributed by atoms with Crippen molar-refractivity contribution in [2.75, 3.05) is 5.32 Å². The lowest BCUT2D eigenvalue weighted by Crippen LogP contribution is -2.27. The largest absolute Gasteiger partial charge is 0.321 e. The van der Waals surface area contributed by atoms with Gasteiger partial charge in [-0.3, -0.25) is 4.79 Å². The SMILES string of the molecule is NC(C(=O)Nc1c(F)cc(F)cc1Cl)c1cccs1. The molecule has 1 heterocycles. The van der Waals surface area contributed by atoms with Crippen LogP contribution in [0.25, 0.3) is 0 Å². The van der Waals surface area contributed by atoms with E-state index in [-0.39, 0.29) is 10.7 Å². The maximum Gasteiger partial charge on any atom is 0.246 e. The Bertz CT molecular complexity index is 581. The number of halogens is 3. The van der Waals surface area contributed by atoms with Crippen molar-refractivity contribution >= 4 is 34.5 Å². The molecule has 1 unspecified atom stereocenters. The van der Waals surface area contributed by atoms with Crippen molar-refractivity contribution in [1.29, 1.82) is 0 Å². The maximum absolute atomic E-state index is 13.5. The first-order valence-corrected chi connectivity index (χ1v) is 6.49. The molecule has 1 aromatic heterocycles. The fourth-order valence-corrected chi connectivity index (χ4v) is 2.43. The number of anilines is 1. The number of amides is 1. The molecule has 7 heteroatoms. The highest BCUT2D eigenvalue weighted by molar-refractivity contribution is 7.10. The van der Waals surface area contributed by atoms with Gasteiger partial charge in [0, 0.05) is 10.9 Å². The molecular formula is C12H9ClF2N2OS. The Labute approximate surface area is 117 Å². The van der Waals surface area contributed by atoms with E-state index in [2.05, 4.69) is 5.32 Å². The summed E-state index contributed by atoms with van der Waals surface area (Å²) in [5, 5.41) is 3.82. The number of hydrogen-bond acceptors (Lipinski definition) is 3. The van der Waals surface area contributed by atoms with E-state index < -0.39 is 23.6 Å². The molecule has 3 nitrogen and oxygen atoms in total. The number of nitrogens with one attached hydrogen (secondary N) is 1. The Morgan fingerprint density at radius 3 is 2.74 bits per heavy atom. The third-order valence-corrected chi connectivity index (χ3v) is 3.64. The van der Waals surface area contributed by atoms with Crippen LogP contribution in [0.5, 0.6) is 0 Å². The normalized spacial score (nSPS) is 12.2. The Balaban J connectivity index is 2.20. The van der Waals surface area contributed by atoms with Crippen molar-refractivity contribution in [2.45, 2.75) is 6.04 Å². The van der Waals surface area contributed by atoms with Crippen LogP contribution in [-0.4, -0.2) is 5.91 Å². The average molecular weight is 303 g/mol. The van der Waals surface area contributed by atoms with E-state index >= 15 is 0 Å². The lowest BCUT2D eigenvalue weighted by atomic mass is 10.2. The molecule has 0 radical (unpaired) electrons. The van der Waals surface area contributed by atoms with E-state index in [9.17, 15) is 13.6 Å². The standard InChI is InChI=1S/C12H9ClF2N2OS/c13-7-4-6(14)5-8(15)11(7)17-12(18)10(16)9-2-1-3-19-9/h1-5,10H,16H2,(H,17,18). The second-order valence-electron chi connectivity index (χ2n) is 3.73. The molecule has 1 amide bonds. The van der Waals surface area contributed by atoms with Crippen LogP contribution in [0.1, 0.15) is 10.9 Å². The van der Waals surface area contributed by atoms with Crippen molar-refractivity contribution in [3.8, 4) is 0 Å². The average Bonchev–Trinajstić information content (AvgIpc) is 2.86. The lowest BCUT2D eigenvalue weighted by Gasteiger charge is -2.12. The van der Waals surface area contributed by atoms with E-state index in [1.54, 1.807) is 17.5 Å². The summed E-state index contributed by atoms with van der Waals surface area (Å²) in [7, 11) is 0. The highest BCUT2D eigenvalue weighted by Crippen LogP contribution is 2.27. The van der Waals surface area contributed by atoms with E-state index in [1.807, 2.05) is 0 Å². The van der Waals surface area contributed by atoms with Crippen molar-refractivity contribution in [1.82, 2.24) is 0 Å². The van der Waals surface area contributed by atoms with Crippen LogP contribution < -0.4 is 11.1 Å². The molecule has 0 aliphatic rings. The van der Waals surface area contributed by atoms with Crippen LogP contribution in [-0.2, 0) is 4.79 Å². The minimum atomic E-state index is -0.947. The topological polar surface area (TPSA) is 55.1 Å². The van der Waals surface area contributed by atoms with E-state index in [0.717, 1.165) is 6.07 Å². The summed E-state index contributed by atoms with van der Waals surface area (Å²) >= 11 is 6.98. The molecule has 1 aromatic carbocycles.